The molecule has 6 heteroatoms. The van der Waals surface area contributed by atoms with Crippen LogP contribution in [0.1, 0.15) is 21.6 Å². The third-order valence-electron chi connectivity index (χ3n) is 4.60. The lowest BCUT2D eigenvalue weighted by molar-refractivity contribution is 0.101. The first kappa shape index (κ1) is 16.5. The lowest BCUT2D eigenvalue weighted by Gasteiger charge is -2.05. The third-order valence-corrected chi connectivity index (χ3v) is 4.77. The molecule has 2 aromatic carbocycles. The number of aromatic nitrogens is 1. The van der Waals surface area contributed by atoms with Gasteiger partial charge in [-0.1, -0.05) is 18.2 Å². The van der Waals surface area contributed by atoms with Crippen molar-refractivity contribution < 1.29 is 19.7 Å². The quantitative estimate of drug-likeness (QED) is 0.535. The minimum atomic E-state index is -0.411. The lowest BCUT2D eigenvalue weighted by Crippen LogP contribution is -2.02. The van der Waals surface area contributed by atoms with Crippen LogP contribution in [0.25, 0.3) is 17.0 Å². The van der Waals surface area contributed by atoms with Crippen LogP contribution in [0.3, 0.4) is 0 Å². The standard InChI is InChI=1S/C20H16ClNO4/c1-11-14(13-4-2-3-5-15(13)22(11)7-6-21)10-18-20(25)19-16(24)8-12(23)9-17(19)26-18/h2-5,8-10,23-24H,6-7H2,1H3/b18-10-. The van der Waals surface area contributed by atoms with Crippen LogP contribution in [0.4, 0.5) is 0 Å². The molecule has 0 unspecified atom stereocenters. The summed E-state index contributed by atoms with van der Waals surface area (Å²) in [6.45, 7) is 2.62. The molecule has 0 fully saturated rings. The van der Waals surface area contributed by atoms with Crippen molar-refractivity contribution in [2.45, 2.75) is 13.5 Å². The van der Waals surface area contributed by atoms with Gasteiger partial charge in [-0.3, -0.25) is 4.79 Å². The fraction of sp³-hybridized carbons (Fsp3) is 0.150. The molecule has 0 aliphatic carbocycles. The maximum absolute atomic E-state index is 12.7. The van der Waals surface area contributed by atoms with E-state index in [9.17, 15) is 15.0 Å². The highest BCUT2D eigenvalue weighted by Gasteiger charge is 2.31. The van der Waals surface area contributed by atoms with Gasteiger partial charge in [-0.25, -0.2) is 0 Å². The van der Waals surface area contributed by atoms with Gasteiger partial charge in [0.1, 0.15) is 22.8 Å². The zero-order valence-electron chi connectivity index (χ0n) is 14.0. The number of fused-ring (bicyclic) bond motifs is 2. The smallest absolute Gasteiger partial charge is 0.235 e. The van der Waals surface area contributed by atoms with Crippen LogP contribution in [0.15, 0.2) is 42.2 Å². The van der Waals surface area contributed by atoms with Crippen molar-refractivity contribution in [2.75, 3.05) is 5.88 Å². The molecule has 0 bridgehead atoms. The Morgan fingerprint density at radius 2 is 2.00 bits per heavy atom. The molecule has 2 N–H and O–H groups in total. The van der Waals surface area contributed by atoms with E-state index in [1.807, 2.05) is 31.2 Å². The van der Waals surface area contributed by atoms with E-state index >= 15 is 0 Å². The minimum Gasteiger partial charge on any atom is -0.508 e. The Labute approximate surface area is 154 Å². The van der Waals surface area contributed by atoms with E-state index in [-0.39, 0.29) is 28.6 Å². The second kappa shape index (κ2) is 6.11. The molecule has 2 heterocycles. The number of phenols is 2. The number of aryl methyl sites for hydroxylation is 1. The number of halogens is 1. The maximum atomic E-state index is 12.7. The number of alkyl halides is 1. The number of phenolic OH excluding ortho intramolecular Hbond substituents is 2. The summed E-state index contributed by atoms with van der Waals surface area (Å²) in [5, 5.41) is 20.5. The average Bonchev–Trinajstić information content (AvgIpc) is 3.05. The zero-order chi connectivity index (χ0) is 18.4. The molecule has 1 aliphatic heterocycles. The summed E-state index contributed by atoms with van der Waals surface area (Å²) in [7, 11) is 0. The summed E-state index contributed by atoms with van der Waals surface area (Å²) in [5.41, 5.74) is 2.93. The number of para-hydroxylation sites is 1. The number of benzene rings is 2. The fourth-order valence-electron chi connectivity index (χ4n) is 3.42. The van der Waals surface area contributed by atoms with Crippen molar-refractivity contribution in [3.8, 4) is 17.2 Å². The number of ketones is 1. The van der Waals surface area contributed by atoms with E-state index in [1.54, 1.807) is 6.08 Å². The molecule has 132 valence electrons. The van der Waals surface area contributed by atoms with E-state index in [1.165, 1.54) is 6.07 Å². The SMILES string of the molecule is Cc1c(/C=C2\Oc3cc(O)cc(O)c3C2=O)c2ccccc2n1CCCl. The molecule has 0 atom stereocenters. The number of rotatable bonds is 3. The number of hydrogen-bond donors (Lipinski definition) is 2. The molecule has 0 spiro atoms. The van der Waals surface area contributed by atoms with Gasteiger partial charge in [0.2, 0.25) is 5.78 Å². The largest absolute Gasteiger partial charge is 0.508 e. The summed E-state index contributed by atoms with van der Waals surface area (Å²) in [6.07, 6.45) is 1.68. The highest BCUT2D eigenvalue weighted by molar-refractivity contribution is 6.18. The van der Waals surface area contributed by atoms with Gasteiger partial charge in [0.15, 0.2) is 5.76 Å². The Kier molecular flexibility index (Phi) is 3.89. The van der Waals surface area contributed by atoms with Crippen LogP contribution in [-0.2, 0) is 6.54 Å². The molecule has 4 rings (SSSR count). The van der Waals surface area contributed by atoms with Crippen molar-refractivity contribution in [1.82, 2.24) is 4.57 Å². The summed E-state index contributed by atoms with van der Waals surface area (Å²) in [6, 6.07) is 10.3. The average molecular weight is 370 g/mol. The zero-order valence-corrected chi connectivity index (χ0v) is 14.7. The van der Waals surface area contributed by atoms with Gasteiger partial charge >= 0.3 is 0 Å². The number of carbonyl (C=O) groups excluding carboxylic acids is 1. The van der Waals surface area contributed by atoms with E-state index in [0.29, 0.717) is 12.4 Å². The van der Waals surface area contributed by atoms with E-state index < -0.39 is 5.78 Å². The number of nitrogens with zero attached hydrogens (tertiary/aromatic N) is 1. The predicted molar refractivity (Wildman–Crippen MR) is 100 cm³/mol. The first-order valence-corrected chi connectivity index (χ1v) is 8.68. The summed E-state index contributed by atoms with van der Waals surface area (Å²) in [4.78, 5) is 12.7. The number of Topliss-reactive ketones (excluding diaryl/α,β-unsaturated/α-hetero) is 1. The monoisotopic (exact) mass is 369 g/mol. The molecule has 0 saturated heterocycles. The number of ether oxygens (including phenoxy) is 1. The van der Waals surface area contributed by atoms with Gasteiger partial charge in [0.25, 0.3) is 0 Å². The lowest BCUT2D eigenvalue weighted by atomic mass is 10.1. The van der Waals surface area contributed by atoms with Crippen molar-refractivity contribution >= 4 is 34.4 Å². The Morgan fingerprint density at radius 1 is 1.23 bits per heavy atom. The summed E-state index contributed by atoms with van der Waals surface area (Å²) >= 11 is 5.94. The topological polar surface area (TPSA) is 71.7 Å². The Balaban J connectivity index is 1.87. The number of allylic oxidation sites excluding steroid dienone is 1. The molecule has 1 aromatic heterocycles. The third kappa shape index (κ3) is 2.44. The van der Waals surface area contributed by atoms with Gasteiger partial charge in [-0.2, -0.15) is 0 Å². The molecule has 3 aromatic rings. The number of hydrogen-bond acceptors (Lipinski definition) is 4. The molecule has 0 radical (unpaired) electrons. The fourth-order valence-corrected chi connectivity index (χ4v) is 3.59. The summed E-state index contributed by atoms with van der Waals surface area (Å²) < 4.78 is 7.72. The molecule has 0 saturated carbocycles. The molecular weight excluding hydrogens is 354 g/mol. The summed E-state index contributed by atoms with van der Waals surface area (Å²) in [5.74, 6) is -0.131. The number of aromatic hydroxyl groups is 2. The van der Waals surface area contributed by atoms with Crippen molar-refractivity contribution in [1.29, 1.82) is 0 Å². The van der Waals surface area contributed by atoms with Gasteiger partial charge in [-0.15, -0.1) is 11.6 Å². The maximum Gasteiger partial charge on any atom is 0.235 e. The van der Waals surface area contributed by atoms with Crippen molar-refractivity contribution in [3.05, 3.63) is 59.0 Å². The van der Waals surface area contributed by atoms with Crippen LogP contribution in [-0.4, -0.2) is 26.4 Å². The van der Waals surface area contributed by atoms with E-state index in [2.05, 4.69) is 4.57 Å². The van der Waals surface area contributed by atoms with Crippen LogP contribution < -0.4 is 4.74 Å². The predicted octanol–water partition coefficient (Wildman–Crippen LogP) is 4.22. The Hall–Kier alpha value is -2.92. The minimum absolute atomic E-state index is 0.0659. The highest BCUT2D eigenvalue weighted by atomic mass is 35.5. The molecule has 5 nitrogen and oxygen atoms in total. The van der Waals surface area contributed by atoms with Crippen LogP contribution in [0.5, 0.6) is 17.2 Å². The van der Waals surface area contributed by atoms with Gasteiger partial charge < -0.3 is 19.5 Å². The van der Waals surface area contributed by atoms with Gasteiger partial charge in [0, 0.05) is 46.7 Å². The molecule has 1 aliphatic rings. The highest BCUT2D eigenvalue weighted by Crippen LogP contribution is 2.41. The van der Waals surface area contributed by atoms with Gasteiger partial charge in [0.05, 0.1) is 0 Å². The van der Waals surface area contributed by atoms with E-state index in [0.717, 1.165) is 28.2 Å². The van der Waals surface area contributed by atoms with Crippen molar-refractivity contribution in [3.63, 3.8) is 0 Å². The Morgan fingerprint density at radius 3 is 2.77 bits per heavy atom. The molecule has 26 heavy (non-hydrogen) atoms. The second-order valence-electron chi connectivity index (χ2n) is 6.13. The van der Waals surface area contributed by atoms with Crippen LogP contribution in [0, 0.1) is 6.92 Å². The first-order valence-electron chi connectivity index (χ1n) is 8.15. The van der Waals surface area contributed by atoms with Crippen molar-refractivity contribution in [2.24, 2.45) is 0 Å². The van der Waals surface area contributed by atoms with Crippen LogP contribution >= 0.6 is 11.6 Å². The molecular formula is C20H16ClNO4. The number of carbonyl (C=O) groups is 1. The molecule has 0 amide bonds. The normalized spacial score (nSPS) is 14.8. The van der Waals surface area contributed by atoms with E-state index in [4.69, 9.17) is 16.3 Å². The van der Waals surface area contributed by atoms with Crippen LogP contribution in [0.2, 0.25) is 0 Å². The second-order valence-corrected chi connectivity index (χ2v) is 6.51. The first-order chi connectivity index (χ1) is 12.5. The Bertz CT molecular complexity index is 1080. The van der Waals surface area contributed by atoms with Gasteiger partial charge in [-0.05, 0) is 19.1 Å².